The third-order valence-electron chi connectivity index (χ3n) is 5.37. The predicted octanol–water partition coefficient (Wildman–Crippen LogP) is 6.41. The Morgan fingerprint density at radius 3 is 1.40 bits per heavy atom. The summed E-state index contributed by atoms with van der Waals surface area (Å²) in [4.78, 5) is 27.4. The molecule has 0 bridgehead atoms. The Labute approximate surface area is 268 Å². The molecule has 0 aliphatic carbocycles. The molecule has 0 saturated heterocycles. The summed E-state index contributed by atoms with van der Waals surface area (Å²) in [6.45, 7) is 13.3. The first-order valence-electron chi connectivity index (χ1n) is 14.3. The smallest absolute Gasteiger partial charge is 0.333 e. The average molecular weight is 653 g/mol. The third kappa shape index (κ3) is 18.4. The van der Waals surface area contributed by atoms with Crippen LogP contribution < -0.4 is 0 Å². The van der Waals surface area contributed by atoms with E-state index in [2.05, 4.69) is 55.1 Å². The molecule has 2 rings (SSSR count). The molecule has 0 saturated carbocycles. The number of carbonyl (C=O) groups is 2. The highest BCUT2D eigenvalue weighted by molar-refractivity contribution is 8.00. The molecule has 0 N–H and O–H groups in total. The molecule has 0 fully saturated rings. The minimum Gasteiger partial charge on any atom is -0.463 e. The molecular weight excluding hydrogens is 609 g/mol. The van der Waals surface area contributed by atoms with Crippen LogP contribution in [0.3, 0.4) is 0 Å². The van der Waals surface area contributed by atoms with Gasteiger partial charge in [-0.3, -0.25) is 4.79 Å². The number of benzene rings is 2. The van der Waals surface area contributed by atoms with Crippen LogP contribution in [0.4, 0.5) is 0 Å². The van der Waals surface area contributed by atoms with Gasteiger partial charge in [0, 0.05) is 36.7 Å². The minimum atomic E-state index is -0.397. The van der Waals surface area contributed by atoms with E-state index in [9.17, 15) is 9.59 Å². The van der Waals surface area contributed by atoms with E-state index in [4.69, 9.17) is 28.4 Å². The van der Waals surface area contributed by atoms with Gasteiger partial charge in [-0.05, 0) is 55.5 Å². The number of hydrogen-bond donors (Lipinski definition) is 0. The molecule has 0 radical (unpaired) electrons. The first kappa shape index (κ1) is 37.2. The Kier molecular flexibility index (Phi) is 20.2. The summed E-state index contributed by atoms with van der Waals surface area (Å²) < 4.78 is 32.0. The fourth-order valence-corrected chi connectivity index (χ4v) is 5.46. The molecule has 0 atom stereocenters. The van der Waals surface area contributed by atoms with Crippen molar-refractivity contribution in [2.24, 2.45) is 5.92 Å². The van der Waals surface area contributed by atoms with Gasteiger partial charge in [-0.15, -0.1) is 23.5 Å². The van der Waals surface area contributed by atoms with Gasteiger partial charge < -0.3 is 28.4 Å². The summed E-state index contributed by atoms with van der Waals surface area (Å²) in [5, 5.41) is 0. The van der Waals surface area contributed by atoms with Crippen LogP contribution in [0.1, 0.15) is 20.8 Å². The predicted molar refractivity (Wildman–Crippen MR) is 173 cm³/mol. The van der Waals surface area contributed by atoms with Crippen LogP contribution in [-0.4, -0.2) is 89.5 Å². The maximum absolute atomic E-state index is 11.4. The number of esters is 2. The summed E-state index contributed by atoms with van der Waals surface area (Å²) in [6, 6.07) is 17.1. The van der Waals surface area contributed by atoms with Crippen molar-refractivity contribution < 1.29 is 38.0 Å². The van der Waals surface area contributed by atoms with Crippen LogP contribution in [0.25, 0.3) is 0 Å². The monoisotopic (exact) mass is 652 g/mol. The molecular formula is C32H44O8S3. The van der Waals surface area contributed by atoms with Crippen LogP contribution in [0, 0.1) is 5.92 Å². The molecule has 0 unspecified atom stereocenters. The normalized spacial score (nSPS) is 11.1. The van der Waals surface area contributed by atoms with E-state index in [1.54, 1.807) is 42.2 Å². The van der Waals surface area contributed by atoms with Crippen molar-refractivity contribution >= 4 is 47.2 Å². The Balaban J connectivity index is 1.48. The van der Waals surface area contributed by atoms with Crippen molar-refractivity contribution in [1.29, 1.82) is 0 Å². The SMILES string of the molecule is C=C(C)C(=O)OCCOCCOCCSc1ccc(Sc2ccc(SCCOCCOCCOC(=O)C(C)C)cc2)cc1. The minimum absolute atomic E-state index is 0.116. The van der Waals surface area contributed by atoms with E-state index >= 15 is 0 Å². The van der Waals surface area contributed by atoms with Gasteiger partial charge in [-0.2, -0.15) is 0 Å². The van der Waals surface area contributed by atoms with E-state index in [0.29, 0.717) is 58.4 Å². The molecule has 0 spiro atoms. The molecule has 238 valence electrons. The summed E-state index contributed by atoms with van der Waals surface area (Å²) in [5.41, 5.74) is 0.383. The first-order chi connectivity index (χ1) is 20.8. The van der Waals surface area contributed by atoms with Gasteiger partial charge >= 0.3 is 11.9 Å². The summed E-state index contributed by atoms with van der Waals surface area (Å²) >= 11 is 5.26. The Bertz CT molecular complexity index is 1060. The van der Waals surface area contributed by atoms with Gasteiger partial charge in [0.15, 0.2) is 0 Å². The number of thioether (sulfide) groups is 2. The number of rotatable bonds is 24. The van der Waals surface area contributed by atoms with E-state index < -0.39 is 5.97 Å². The van der Waals surface area contributed by atoms with Crippen LogP contribution in [-0.2, 0) is 38.0 Å². The molecule has 11 heteroatoms. The quantitative estimate of drug-likeness (QED) is 0.0546. The Morgan fingerprint density at radius 1 is 0.605 bits per heavy atom. The lowest BCUT2D eigenvalue weighted by Crippen LogP contribution is -2.16. The molecule has 0 amide bonds. The van der Waals surface area contributed by atoms with Crippen LogP contribution in [0.2, 0.25) is 0 Å². The lowest BCUT2D eigenvalue weighted by atomic mass is 10.2. The molecule has 8 nitrogen and oxygen atoms in total. The maximum Gasteiger partial charge on any atom is 0.333 e. The highest BCUT2D eigenvalue weighted by atomic mass is 32.2. The van der Waals surface area contributed by atoms with Crippen molar-refractivity contribution in [2.75, 3.05) is 77.6 Å². The van der Waals surface area contributed by atoms with Crippen molar-refractivity contribution in [3.8, 4) is 0 Å². The summed E-state index contributed by atoms with van der Waals surface area (Å²) in [7, 11) is 0. The highest BCUT2D eigenvalue weighted by Gasteiger charge is 2.07. The second kappa shape index (κ2) is 23.4. The zero-order chi connectivity index (χ0) is 31.1. The summed E-state index contributed by atoms with van der Waals surface area (Å²) in [6.07, 6.45) is 0. The van der Waals surface area contributed by atoms with Crippen molar-refractivity contribution in [1.82, 2.24) is 0 Å². The molecule has 0 heterocycles. The van der Waals surface area contributed by atoms with Crippen molar-refractivity contribution in [3.05, 3.63) is 60.7 Å². The average Bonchev–Trinajstić information content (AvgIpc) is 3.00. The van der Waals surface area contributed by atoms with Gasteiger partial charge in [-0.1, -0.05) is 32.2 Å². The van der Waals surface area contributed by atoms with Crippen LogP contribution in [0.15, 0.2) is 80.3 Å². The second-order valence-electron chi connectivity index (χ2n) is 9.43. The Morgan fingerprint density at radius 2 is 0.977 bits per heavy atom. The van der Waals surface area contributed by atoms with Crippen LogP contribution >= 0.6 is 35.3 Å². The third-order valence-corrected chi connectivity index (χ3v) is 8.34. The highest BCUT2D eigenvalue weighted by Crippen LogP contribution is 2.31. The molecule has 0 aliphatic rings. The molecule has 0 aliphatic heterocycles. The molecule has 43 heavy (non-hydrogen) atoms. The van der Waals surface area contributed by atoms with E-state index in [1.807, 2.05) is 13.8 Å². The molecule has 2 aromatic rings. The lowest BCUT2D eigenvalue weighted by molar-refractivity contribution is -0.149. The molecule has 0 aromatic heterocycles. The van der Waals surface area contributed by atoms with E-state index in [1.165, 1.54) is 19.6 Å². The fourth-order valence-electron chi connectivity index (χ4n) is 3.11. The van der Waals surface area contributed by atoms with Gasteiger partial charge in [-0.25, -0.2) is 4.79 Å². The maximum atomic E-state index is 11.4. The van der Waals surface area contributed by atoms with Crippen molar-refractivity contribution in [3.63, 3.8) is 0 Å². The molecule has 2 aromatic carbocycles. The van der Waals surface area contributed by atoms with Gasteiger partial charge in [0.1, 0.15) is 13.2 Å². The van der Waals surface area contributed by atoms with E-state index in [-0.39, 0.29) is 25.1 Å². The van der Waals surface area contributed by atoms with Gasteiger partial charge in [0.25, 0.3) is 0 Å². The number of carbonyl (C=O) groups excluding carboxylic acids is 2. The summed E-state index contributed by atoms with van der Waals surface area (Å²) in [5.74, 6) is 1.01. The largest absolute Gasteiger partial charge is 0.463 e. The first-order valence-corrected chi connectivity index (χ1v) is 17.1. The second-order valence-corrected chi connectivity index (χ2v) is 12.9. The number of ether oxygens (including phenoxy) is 6. The zero-order valence-corrected chi connectivity index (χ0v) is 27.8. The van der Waals surface area contributed by atoms with E-state index in [0.717, 1.165) is 11.5 Å². The Hall–Kier alpha value is -1.99. The standard InChI is InChI=1S/C32H44O8S3/c1-25(2)31(33)39-19-17-35-13-15-37-21-23-41-27-5-9-29(10-6-27)43-30-11-7-28(8-12-30)42-24-22-38-16-14-36-18-20-40-32(34)26(3)4/h5-12,26H,1,13-24H2,2-4H3. The fraction of sp³-hybridized carbons (Fsp3) is 0.500. The van der Waals surface area contributed by atoms with Crippen LogP contribution in [0.5, 0.6) is 0 Å². The lowest BCUT2D eigenvalue weighted by Gasteiger charge is -2.08. The topological polar surface area (TPSA) is 89.5 Å². The van der Waals surface area contributed by atoms with Gasteiger partial charge in [0.05, 0.1) is 58.8 Å². The van der Waals surface area contributed by atoms with Gasteiger partial charge in [0.2, 0.25) is 0 Å². The zero-order valence-electron chi connectivity index (χ0n) is 25.4. The van der Waals surface area contributed by atoms with Crippen molar-refractivity contribution in [2.45, 2.75) is 40.4 Å². The number of hydrogen-bond acceptors (Lipinski definition) is 11.